The molecule has 1 amide bonds. The molecule has 3 rings (SSSR count). The molecule has 0 spiro atoms. The van der Waals surface area contributed by atoms with Crippen LogP contribution >= 0.6 is 0 Å². The highest BCUT2D eigenvalue weighted by Crippen LogP contribution is 2.36. The minimum atomic E-state index is -0.346. The fourth-order valence-corrected chi connectivity index (χ4v) is 2.67. The number of nitrogens with one attached hydrogen (secondary N) is 2. The summed E-state index contributed by atoms with van der Waals surface area (Å²) >= 11 is 0. The smallest absolute Gasteiger partial charge is 0.251 e. The molecule has 1 heterocycles. The molecule has 2 N–H and O–H groups in total. The van der Waals surface area contributed by atoms with E-state index in [1.165, 1.54) is 0 Å². The van der Waals surface area contributed by atoms with Crippen molar-refractivity contribution in [2.75, 3.05) is 29.6 Å². The van der Waals surface area contributed by atoms with Gasteiger partial charge in [-0.2, -0.15) is 0 Å². The van der Waals surface area contributed by atoms with E-state index < -0.39 is 0 Å². The Morgan fingerprint density at radius 3 is 2.67 bits per heavy atom. The molecule has 0 fully saturated rings. The molecular formula is C17H19N3O. The van der Waals surface area contributed by atoms with Gasteiger partial charge in [0.1, 0.15) is 6.04 Å². The van der Waals surface area contributed by atoms with Gasteiger partial charge in [0.15, 0.2) is 0 Å². The Morgan fingerprint density at radius 1 is 1.14 bits per heavy atom. The fraction of sp³-hybridized carbons (Fsp3) is 0.235. The van der Waals surface area contributed by atoms with Gasteiger partial charge in [0.2, 0.25) is 0 Å². The molecule has 1 aliphatic heterocycles. The zero-order valence-electron chi connectivity index (χ0n) is 12.5. The Bertz CT molecular complexity index is 694. The highest BCUT2D eigenvalue weighted by molar-refractivity contribution is 6.04. The predicted octanol–water partition coefficient (Wildman–Crippen LogP) is 3.17. The van der Waals surface area contributed by atoms with Crippen LogP contribution in [0.4, 0.5) is 17.1 Å². The number of benzene rings is 2. The maximum Gasteiger partial charge on any atom is 0.251 e. The number of amides is 1. The molecule has 0 saturated heterocycles. The number of rotatable bonds is 3. The molecule has 1 unspecified atom stereocenters. The van der Waals surface area contributed by atoms with E-state index in [0.717, 1.165) is 28.2 Å². The number of carbonyl (C=O) groups is 1. The third-order valence-corrected chi connectivity index (χ3v) is 3.72. The number of hydrogen-bond acceptors (Lipinski definition) is 3. The number of carbonyl (C=O) groups excluding carboxylic acids is 1. The lowest BCUT2D eigenvalue weighted by Crippen LogP contribution is -2.21. The molecule has 108 valence electrons. The average Bonchev–Trinajstić information content (AvgIpc) is 2.75. The molecule has 0 radical (unpaired) electrons. The highest BCUT2D eigenvalue weighted by atomic mass is 16.2. The molecule has 1 aliphatic rings. The van der Waals surface area contributed by atoms with E-state index in [0.29, 0.717) is 0 Å². The van der Waals surface area contributed by atoms with E-state index in [1.807, 2.05) is 62.3 Å². The van der Waals surface area contributed by atoms with Crippen molar-refractivity contribution in [2.45, 2.75) is 13.0 Å². The van der Waals surface area contributed by atoms with Gasteiger partial charge in [0, 0.05) is 25.3 Å². The number of anilines is 3. The first-order chi connectivity index (χ1) is 10.1. The lowest BCUT2D eigenvalue weighted by atomic mass is 10.0. The third kappa shape index (κ3) is 2.44. The summed E-state index contributed by atoms with van der Waals surface area (Å²) in [6, 6.07) is 13.7. The molecule has 4 heteroatoms. The van der Waals surface area contributed by atoms with Crippen LogP contribution in [-0.2, 0) is 4.79 Å². The van der Waals surface area contributed by atoms with E-state index in [4.69, 9.17) is 0 Å². The summed E-state index contributed by atoms with van der Waals surface area (Å²) in [6.07, 6.45) is 0. The number of nitrogens with zero attached hydrogens (tertiary/aromatic N) is 1. The first-order valence-electron chi connectivity index (χ1n) is 7.00. The van der Waals surface area contributed by atoms with Gasteiger partial charge in [0.25, 0.3) is 5.91 Å². The second kappa shape index (κ2) is 5.13. The molecule has 0 aliphatic carbocycles. The molecule has 4 nitrogen and oxygen atoms in total. The second-order valence-corrected chi connectivity index (χ2v) is 5.57. The fourth-order valence-electron chi connectivity index (χ4n) is 2.67. The van der Waals surface area contributed by atoms with Crippen LogP contribution in [0, 0.1) is 6.92 Å². The van der Waals surface area contributed by atoms with E-state index in [2.05, 4.69) is 16.7 Å². The van der Waals surface area contributed by atoms with Crippen LogP contribution in [0.5, 0.6) is 0 Å². The van der Waals surface area contributed by atoms with Gasteiger partial charge in [-0.3, -0.25) is 4.79 Å². The highest BCUT2D eigenvalue weighted by Gasteiger charge is 2.30. The third-order valence-electron chi connectivity index (χ3n) is 3.72. The molecule has 1 atom stereocenters. The summed E-state index contributed by atoms with van der Waals surface area (Å²) in [6.45, 7) is 2.04. The van der Waals surface area contributed by atoms with Crippen LogP contribution in [0.15, 0.2) is 42.5 Å². The maximum atomic E-state index is 12.2. The predicted molar refractivity (Wildman–Crippen MR) is 86.9 cm³/mol. The standard InChI is InChI=1S/C17H19N3O/c1-11-8-9-13-12(10-11)16(17(21)19-13)18-14-6-4-5-7-15(14)20(2)3/h4-10,16,18H,1-3H3,(H,19,21). The van der Waals surface area contributed by atoms with Crippen molar-refractivity contribution in [1.82, 2.24) is 0 Å². The van der Waals surface area contributed by atoms with Gasteiger partial charge in [-0.15, -0.1) is 0 Å². The van der Waals surface area contributed by atoms with E-state index >= 15 is 0 Å². The van der Waals surface area contributed by atoms with Crippen molar-refractivity contribution in [3.8, 4) is 0 Å². The van der Waals surface area contributed by atoms with Crippen LogP contribution in [0.3, 0.4) is 0 Å². The normalized spacial score (nSPS) is 16.3. The molecule has 0 saturated carbocycles. The van der Waals surface area contributed by atoms with Crippen LogP contribution in [-0.4, -0.2) is 20.0 Å². The molecule has 0 aromatic heterocycles. The first-order valence-corrected chi connectivity index (χ1v) is 7.00. The summed E-state index contributed by atoms with van der Waals surface area (Å²) < 4.78 is 0. The summed E-state index contributed by atoms with van der Waals surface area (Å²) in [4.78, 5) is 14.3. The number of para-hydroxylation sites is 2. The Kier molecular flexibility index (Phi) is 3.29. The van der Waals surface area contributed by atoms with Gasteiger partial charge < -0.3 is 15.5 Å². The first kappa shape index (κ1) is 13.5. The summed E-state index contributed by atoms with van der Waals surface area (Å²) in [5.74, 6) is -0.0100. The minimum Gasteiger partial charge on any atom is -0.376 e. The lowest BCUT2D eigenvalue weighted by molar-refractivity contribution is -0.116. The van der Waals surface area contributed by atoms with Gasteiger partial charge in [-0.05, 0) is 25.1 Å². The Hall–Kier alpha value is -2.49. The van der Waals surface area contributed by atoms with Gasteiger partial charge in [-0.1, -0.05) is 29.8 Å². The van der Waals surface area contributed by atoms with Crippen molar-refractivity contribution in [1.29, 1.82) is 0 Å². The number of aryl methyl sites for hydroxylation is 1. The second-order valence-electron chi connectivity index (χ2n) is 5.57. The van der Waals surface area contributed by atoms with Gasteiger partial charge >= 0.3 is 0 Å². The average molecular weight is 281 g/mol. The Balaban J connectivity index is 1.96. The van der Waals surface area contributed by atoms with E-state index in [9.17, 15) is 4.79 Å². The van der Waals surface area contributed by atoms with E-state index in [-0.39, 0.29) is 11.9 Å². The van der Waals surface area contributed by atoms with Crippen molar-refractivity contribution >= 4 is 23.0 Å². The van der Waals surface area contributed by atoms with E-state index in [1.54, 1.807) is 0 Å². The maximum absolute atomic E-state index is 12.2. The van der Waals surface area contributed by atoms with Crippen molar-refractivity contribution in [3.05, 3.63) is 53.6 Å². The molecule has 2 aromatic rings. The van der Waals surface area contributed by atoms with Crippen molar-refractivity contribution < 1.29 is 4.79 Å². The number of hydrogen-bond donors (Lipinski definition) is 2. The van der Waals surface area contributed by atoms with Gasteiger partial charge in [0.05, 0.1) is 11.4 Å². The number of fused-ring (bicyclic) bond motifs is 1. The molecule has 2 aromatic carbocycles. The quantitative estimate of drug-likeness (QED) is 0.908. The topological polar surface area (TPSA) is 44.4 Å². The van der Waals surface area contributed by atoms with Crippen LogP contribution in [0.25, 0.3) is 0 Å². The summed E-state index contributed by atoms with van der Waals surface area (Å²) in [5.41, 5.74) is 5.07. The van der Waals surface area contributed by atoms with Crippen molar-refractivity contribution in [3.63, 3.8) is 0 Å². The summed E-state index contributed by atoms with van der Waals surface area (Å²) in [5, 5.41) is 6.30. The Morgan fingerprint density at radius 2 is 1.90 bits per heavy atom. The van der Waals surface area contributed by atoms with Crippen LogP contribution < -0.4 is 15.5 Å². The summed E-state index contributed by atoms with van der Waals surface area (Å²) in [7, 11) is 3.99. The minimum absolute atomic E-state index is 0.0100. The molecular weight excluding hydrogens is 262 g/mol. The zero-order chi connectivity index (χ0) is 15.0. The zero-order valence-corrected chi connectivity index (χ0v) is 12.5. The molecule has 21 heavy (non-hydrogen) atoms. The lowest BCUT2D eigenvalue weighted by Gasteiger charge is -2.21. The van der Waals surface area contributed by atoms with Gasteiger partial charge in [-0.25, -0.2) is 0 Å². The van der Waals surface area contributed by atoms with Crippen LogP contribution in [0.2, 0.25) is 0 Å². The molecule has 0 bridgehead atoms. The largest absolute Gasteiger partial charge is 0.376 e. The monoisotopic (exact) mass is 281 g/mol. The Labute approximate surface area is 124 Å². The SMILES string of the molecule is Cc1ccc2c(c1)C(Nc1ccccc1N(C)C)C(=O)N2. The van der Waals surface area contributed by atoms with Crippen molar-refractivity contribution in [2.24, 2.45) is 0 Å². The van der Waals surface area contributed by atoms with Crippen LogP contribution in [0.1, 0.15) is 17.2 Å².